The number of carboxylic acid groups (broad SMARTS) is 1. The highest BCUT2D eigenvalue weighted by molar-refractivity contribution is 6.37. The summed E-state index contributed by atoms with van der Waals surface area (Å²) in [5.74, 6) is -1.65. The van der Waals surface area contributed by atoms with Gasteiger partial charge in [-0.25, -0.2) is 9.37 Å². The van der Waals surface area contributed by atoms with Gasteiger partial charge in [0.05, 0.1) is 23.3 Å². The molecule has 0 atom stereocenters. The summed E-state index contributed by atoms with van der Waals surface area (Å²) in [6, 6.07) is 19.5. The zero-order valence-corrected chi connectivity index (χ0v) is 19.2. The van der Waals surface area contributed by atoms with Gasteiger partial charge in [0.15, 0.2) is 0 Å². The number of aromatic nitrogens is 2. The van der Waals surface area contributed by atoms with Crippen LogP contribution in [0.4, 0.5) is 15.8 Å². The molecule has 180 valence electrons. The van der Waals surface area contributed by atoms with E-state index in [4.69, 9.17) is 5.11 Å². The molecule has 8 heteroatoms. The number of nitrogens with one attached hydrogen (secondary N) is 2. The van der Waals surface area contributed by atoms with Crippen LogP contribution in [0, 0.1) is 5.82 Å². The maximum absolute atomic E-state index is 13.8. The minimum Gasteiger partial charge on any atom is -0.481 e. The van der Waals surface area contributed by atoms with Crippen molar-refractivity contribution in [2.45, 2.75) is 19.4 Å². The van der Waals surface area contributed by atoms with E-state index in [2.05, 4.69) is 15.6 Å². The molecule has 36 heavy (non-hydrogen) atoms. The van der Waals surface area contributed by atoms with Gasteiger partial charge in [-0.2, -0.15) is 0 Å². The van der Waals surface area contributed by atoms with Crippen LogP contribution in [0.25, 0.3) is 11.3 Å². The van der Waals surface area contributed by atoms with E-state index in [-0.39, 0.29) is 12.3 Å². The molecule has 0 radical (unpaired) electrons. The van der Waals surface area contributed by atoms with Crippen molar-refractivity contribution >= 4 is 34.5 Å². The summed E-state index contributed by atoms with van der Waals surface area (Å²) < 4.78 is 15.8. The van der Waals surface area contributed by atoms with Crippen LogP contribution in [0.5, 0.6) is 0 Å². The average Bonchev–Trinajstić information content (AvgIpc) is 3.49. The smallest absolute Gasteiger partial charge is 0.303 e. The first-order valence-corrected chi connectivity index (χ1v) is 11.4. The Bertz CT molecular complexity index is 1460. The zero-order chi connectivity index (χ0) is 25.1. The lowest BCUT2D eigenvalue weighted by atomic mass is 9.97. The lowest BCUT2D eigenvalue weighted by molar-refractivity contribution is -0.137. The topological polar surface area (TPSA) is 96.2 Å². The normalized spacial score (nSPS) is 13.8. The van der Waals surface area contributed by atoms with Crippen molar-refractivity contribution in [3.05, 3.63) is 114 Å². The molecular weight excluding hydrogens is 459 g/mol. The fraction of sp³-hybridized carbons (Fsp3) is 0.107. The minimum atomic E-state index is -0.876. The summed E-state index contributed by atoms with van der Waals surface area (Å²) >= 11 is 0. The molecule has 0 fully saturated rings. The van der Waals surface area contributed by atoms with Gasteiger partial charge >= 0.3 is 5.97 Å². The third kappa shape index (κ3) is 5.02. The zero-order valence-electron chi connectivity index (χ0n) is 19.2. The van der Waals surface area contributed by atoms with Gasteiger partial charge in [0, 0.05) is 36.6 Å². The van der Waals surface area contributed by atoms with E-state index in [1.54, 1.807) is 18.6 Å². The Morgan fingerprint density at radius 3 is 2.64 bits per heavy atom. The fourth-order valence-electron chi connectivity index (χ4n) is 4.23. The number of hydrogen-bond donors (Lipinski definition) is 3. The monoisotopic (exact) mass is 482 g/mol. The summed E-state index contributed by atoms with van der Waals surface area (Å²) in [6.07, 6.45) is 5.75. The SMILES string of the molecule is O=C(O)CCc1cccc(/C(Nc2ccc(Cn3ccnc3)cc2)=C2/C(=O)Nc3cc(F)ccc32)c1. The number of anilines is 2. The van der Waals surface area contributed by atoms with Gasteiger partial charge in [-0.1, -0.05) is 30.3 Å². The molecule has 0 unspecified atom stereocenters. The lowest BCUT2D eigenvalue weighted by Gasteiger charge is -2.16. The third-order valence-electron chi connectivity index (χ3n) is 5.97. The molecule has 1 amide bonds. The van der Waals surface area contributed by atoms with Gasteiger partial charge < -0.3 is 20.3 Å². The lowest BCUT2D eigenvalue weighted by Crippen LogP contribution is -2.10. The van der Waals surface area contributed by atoms with Crippen LogP contribution < -0.4 is 10.6 Å². The van der Waals surface area contributed by atoms with E-state index in [9.17, 15) is 14.0 Å². The highest BCUT2D eigenvalue weighted by atomic mass is 19.1. The number of amides is 1. The number of benzene rings is 3. The van der Waals surface area contributed by atoms with E-state index in [1.165, 1.54) is 12.1 Å². The quantitative estimate of drug-likeness (QED) is 0.307. The average molecular weight is 483 g/mol. The van der Waals surface area contributed by atoms with Crippen molar-refractivity contribution < 1.29 is 19.1 Å². The number of aryl methyl sites for hydroxylation is 1. The van der Waals surface area contributed by atoms with Crippen LogP contribution in [0.3, 0.4) is 0 Å². The highest BCUT2D eigenvalue weighted by Gasteiger charge is 2.29. The Labute approximate surface area is 206 Å². The maximum Gasteiger partial charge on any atom is 0.303 e. The number of hydrogen-bond acceptors (Lipinski definition) is 4. The standard InChI is InChI=1S/C28H23FN4O3/c29-21-7-10-23-24(15-21)32-28(36)26(23)27(20-3-1-2-18(14-20)6-11-25(34)35)31-22-8-4-19(5-9-22)16-33-13-12-30-17-33/h1-5,7-10,12-15,17,31H,6,11,16H2,(H,32,36)(H,34,35)/b27-26-. The number of halogens is 1. The van der Waals surface area contributed by atoms with Crippen molar-refractivity contribution in [3.8, 4) is 0 Å². The highest BCUT2D eigenvalue weighted by Crippen LogP contribution is 2.38. The first-order chi connectivity index (χ1) is 17.5. The van der Waals surface area contributed by atoms with Crippen LogP contribution in [0.1, 0.15) is 28.7 Å². The fourth-order valence-corrected chi connectivity index (χ4v) is 4.23. The molecule has 1 aliphatic heterocycles. The number of imidazole rings is 1. The third-order valence-corrected chi connectivity index (χ3v) is 5.97. The van der Waals surface area contributed by atoms with E-state index < -0.39 is 11.8 Å². The van der Waals surface area contributed by atoms with Gasteiger partial charge in [-0.05, 0) is 59.5 Å². The number of rotatable bonds is 8. The maximum atomic E-state index is 13.8. The molecule has 0 saturated carbocycles. The van der Waals surface area contributed by atoms with Crippen LogP contribution in [0.2, 0.25) is 0 Å². The number of carboxylic acids is 1. The Morgan fingerprint density at radius 1 is 1.06 bits per heavy atom. The van der Waals surface area contributed by atoms with Crippen LogP contribution in [-0.4, -0.2) is 26.5 Å². The molecule has 1 aliphatic rings. The van der Waals surface area contributed by atoms with Gasteiger partial charge in [0.2, 0.25) is 0 Å². The van der Waals surface area contributed by atoms with Gasteiger partial charge in [-0.15, -0.1) is 0 Å². The van der Waals surface area contributed by atoms with Gasteiger partial charge in [0.25, 0.3) is 5.91 Å². The molecule has 3 aromatic carbocycles. The summed E-state index contributed by atoms with van der Waals surface area (Å²) in [6.45, 7) is 0.682. The summed E-state index contributed by atoms with van der Waals surface area (Å²) in [5, 5.41) is 15.2. The molecule has 0 saturated heterocycles. The molecule has 0 spiro atoms. The van der Waals surface area contributed by atoms with E-state index in [0.717, 1.165) is 22.4 Å². The second kappa shape index (κ2) is 9.87. The van der Waals surface area contributed by atoms with E-state index in [1.807, 2.05) is 59.3 Å². The van der Waals surface area contributed by atoms with Crippen LogP contribution >= 0.6 is 0 Å². The molecule has 0 bridgehead atoms. The Balaban J connectivity index is 1.54. The molecule has 2 heterocycles. The molecule has 0 aliphatic carbocycles. The van der Waals surface area contributed by atoms with Gasteiger partial charge in [-0.3, -0.25) is 9.59 Å². The number of carbonyl (C=O) groups excluding carboxylic acids is 1. The molecule has 5 rings (SSSR count). The number of carbonyl (C=O) groups is 2. The van der Waals surface area contributed by atoms with Crippen molar-refractivity contribution in [3.63, 3.8) is 0 Å². The number of nitrogens with zero attached hydrogens (tertiary/aromatic N) is 2. The minimum absolute atomic E-state index is 0.00373. The Kier molecular flexibility index (Phi) is 6.32. The summed E-state index contributed by atoms with van der Waals surface area (Å²) in [4.78, 5) is 28.2. The second-order valence-electron chi connectivity index (χ2n) is 8.55. The van der Waals surface area contributed by atoms with Crippen molar-refractivity contribution in [1.82, 2.24) is 9.55 Å². The van der Waals surface area contributed by atoms with Gasteiger partial charge in [0.1, 0.15) is 5.82 Å². The summed E-state index contributed by atoms with van der Waals surface area (Å²) in [7, 11) is 0. The Morgan fingerprint density at radius 2 is 1.89 bits per heavy atom. The molecular formula is C28H23FN4O3. The first kappa shape index (κ1) is 23.0. The van der Waals surface area contributed by atoms with Crippen LogP contribution in [0.15, 0.2) is 85.5 Å². The molecule has 4 aromatic rings. The molecule has 1 aromatic heterocycles. The van der Waals surface area contributed by atoms with Crippen molar-refractivity contribution in [2.24, 2.45) is 0 Å². The Hall–Kier alpha value is -4.72. The van der Waals surface area contributed by atoms with E-state index in [0.29, 0.717) is 35.5 Å². The predicted molar refractivity (Wildman–Crippen MR) is 136 cm³/mol. The van der Waals surface area contributed by atoms with Crippen molar-refractivity contribution in [1.29, 1.82) is 0 Å². The molecule has 3 N–H and O–H groups in total. The second-order valence-corrected chi connectivity index (χ2v) is 8.55. The predicted octanol–water partition coefficient (Wildman–Crippen LogP) is 5.02. The van der Waals surface area contributed by atoms with Crippen LogP contribution in [-0.2, 0) is 22.6 Å². The number of fused-ring (bicyclic) bond motifs is 1. The van der Waals surface area contributed by atoms with Crippen molar-refractivity contribution in [2.75, 3.05) is 10.6 Å². The largest absolute Gasteiger partial charge is 0.481 e. The molecule has 7 nitrogen and oxygen atoms in total. The van der Waals surface area contributed by atoms with E-state index >= 15 is 0 Å². The number of aliphatic carboxylic acids is 1. The summed E-state index contributed by atoms with van der Waals surface area (Å²) in [5.41, 5.74) is 5.36. The first-order valence-electron chi connectivity index (χ1n) is 11.4.